The standard InChI is InChI=1S/C24H21FN4O3/c1-3-13-32-23(30)20-15(2)26-24(31)27-22(20)19-14-29(18-7-5-4-6-8-18)28-21(19)16-9-11-17(25)12-10-16/h3-12,14,22H,1,13H2,2H3,(H2,26,27,31)/t22-/m1/s1. The van der Waals surface area contributed by atoms with Crippen LogP contribution < -0.4 is 10.6 Å². The quantitative estimate of drug-likeness (QED) is 0.455. The van der Waals surface area contributed by atoms with Gasteiger partial charge in [-0.25, -0.2) is 18.7 Å². The number of hydrogen-bond acceptors (Lipinski definition) is 4. The monoisotopic (exact) mass is 432 g/mol. The van der Waals surface area contributed by atoms with Crippen LogP contribution in [0.25, 0.3) is 16.9 Å². The molecule has 2 amide bonds. The number of hydrogen-bond donors (Lipinski definition) is 2. The van der Waals surface area contributed by atoms with Crippen molar-refractivity contribution in [3.8, 4) is 16.9 Å². The molecule has 3 aromatic rings. The molecule has 1 aliphatic rings. The maximum absolute atomic E-state index is 13.5. The highest BCUT2D eigenvalue weighted by Crippen LogP contribution is 2.35. The number of carbonyl (C=O) groups is 2. The van der Waals surface area contributed by atoms with Gasteiger partial charge in [-0.05, 0) is 43.3 Å². The number of rotatable bonds is 6. The number of benzene rings is 2. The van der Waals surface area contributed by atoms with Gasteiger partial charge in [0, 0.05) is 23.0 Å². The van der Waals surface area contributed by atoms with Crippen molar-refractivity contribution < 1.29 is 18.7 Å². The summed E-state index contributed by atoms with van der Waals surface area (Å²) < 4.78 is 20.5. The van der Waals surface area contributed by atoms with E-state index in [1.807, 2.05) is 30.3 Å². The number of nitrogens with zero attached hydrogens (tertiary/aromatic N) is 2. The van der Waals surface area contributed by atoms with Gasteiger partial charge in [0.1, 0.15) is 12.4 Å². The predicted molar refractivity (Wildman–Crippen MR) is 117 cm³/mol. The Bertz CT molecular complexity index is 1200. The van der Waals surface area contributed by atoms with E-state index in [9.17, 15) is 14.0 Å². The van der Waals surface area contributed by atoms with Crippen LogP contribution in [0, 0.1) is 5.82 Å². The Morgan fingerprint density at radius 3 is 2.62 bits per heavy atom. The average Bonchev–Trinajstić information content (AvgIpc) is 3.23. The van der Waals surface area contributed by atoms with E-state index < -0.39 is 18.0 Å². The number of carbonyl (C=O) groups excluding carboxylic acids is 2. The van der Waals surface area contributed by atoms with Crippen LogP contribution in [0.1, 0.15) is 18.5 Å². The fraction of sp³-hybridized carbons (Fsp3) is 0.125. The van der Waals surface area contributed by atoms with Crippen LogP contribution in [0.2, 0.25) is 0 Å². The number of para-hydroxylation sites is 1. The lowest BCUT2D eigenvalue weighted by Crippen LogP contribution is -2.45. The third-order valence-corrected chi connectivity index (χ3v) is 5.01. The van der Waals surface area contributed by atoms with Crippen molar-refractivity contribution in [1.82, 2.24) is 20.4 Å². The SMILES string of the molecule is C=CCOC(=O)C1=C(C)NC(=O)N[C@@H]1c1cn(-c2ccccc2)nc1-c1ccc(F)cc1. The van der Waals surface area contributed by atoms with Gasteiger partial charge in [-0.1, -0.05) is 30.9 Å². The summed E-state index contributed by atoms with van der Waals surface area (Å²) in [6.07, 6.45) is 3.22. The van der Waals surface area contributed by atoms with Crippen LogP contribution in [-0.4, -0.2) is 28.4 Å². The number of esters is 1. The number of amides is 2. The van der Waals surface area contributed by atoms with Crippen molar-refractivity contribution in [3.63, 3.8) is 0 Å². The highest BCUT2D eigenvalue weighted by Gasteiger charge is 2.35. The molecule has 4 rings (SSSR count). The van der Waals surface area contributed by atoms with Crippen LogP contribution in [0.3, 0.4) is 0 Å². The largest absolute Gasteiger partial charge is 0.458 e. The highest BCUT2D eigenvalue weighted by atomic mass is 19.1. The van der Waals surface area contributed by atoms with Gasteiger partial charge in [0.2, 0.25) is 0 Å². The first-order valence-corrected chi connectivity index (χ1v) is 9.95. The lowest BCUT2D eigenvalue weighted by atomic mass is 9.94. The zero-order valence-electron chi connectivity index (χ0n) is 17.3. The van der Waals surface area contributed by atoms with Crippen LogP contribution in [-0.2, 0) is 9.53 Å². The number of aromatic nitrogens is 2. The smallest absolute Gasteiger partial charge is 0.338 e. The first-order chi connectivity index (χ1) is 15.5. The van der Waals surface area contributed by atoms with E-state index in [2.05, 4.69) is 17.2 Å². The summed E-state index contributed by atoms with van der Waals surface area (Å²) in [7, 11) is 0. The number of ether oxygens (including phenoxy) is 1. The van der Waals surface area contributed by atoms with E-state index in [1.165, 1.54) is 18.2 Å². The summed E-state index contributed by atoms with van der Waals surface area (Å²) in [6.45, 7) is 5.23. The molecule has 32 heavy (non-hydrogen) atoms. The van der Waals surface area contributed by atoms with Crippen molar-refractivity contribution in [3.05, 3.63) is 96.1 Å². The minimum absolute atomic E-state index is 0.0321. The molecule has 0 bridgehead atoms. The van der Waals surface area contributed by atoms with E-state index in [1.54, 1.807) is 29.9 Å². The first-order valence-electron chi connectivity index (χ1n) is 9.95. The molecule has 1 aliphatic heterocycles. The number of allylic oxidation sites excluding steroid dienone is 1. The topological polar surface area (TPSA) is 85.2 Å². The fourth-order valence-corrected chi connectivity index (χ4v) is 3.55. The van der Waals surface area contributed by atoms with E-state index >= 15 is 0 Å². The number of halogens is 1. The molecule has 1 aromatic heterocycles. The van der Waals surface area contributed by atoms with E-state index in [0.717, 1.165) is 5.69 Å². The molecule has 8 heteroatoms. The maximum atomic E-state index is 13.5. The number of nitrogens with one attached hydrogen (secondary N) is 2. The molecule has 2 N–H and O–H groups in total. The van der Waals surface area contributed by atoms with Crippen molar-refractivity contribution in [2.24, 2.45) is 0 Å². The Labute approximate surface area is 184 Å². The minimum Gasteiger partial charge on any atom is -0.458 e. The zero-order chi connectivity index (χ0) is 22.7. The molecule has 2 aromatic carbocycles. The Hall–Kier alpha value is -4.20. The predicted octanol–water partition coefficient (Wildman–Crippen LogP) is 4.04. The maximum Gasteiger partial charge on any atom is 0.338 e. The van der Waals surface area contributed by atoms with Gasteiger partial charge in [0.25, 0.3) is 0 Å². The van der Waals surface area contributed by atoms with Gasteiger partial charge in [-0.3, -0.25) is 0 Å². The van der Waals surface area contributed by atoms with Crippen LogP contribution in [0.15, 0.2) is 84.7 Å². The Morgan fingerprint density at radius 1 is 1.22 bits per heavy atom. The molecular formula is C24H21FN4O3. The van der Waals surface area contributed by atoms with Crippen molar-refractivity contribution >= 4 is 12.0 Å². The van der Waals surface area contributed by atoms with Gasteiger partial charge in [-0.2, -0.15) is 5.10 Å². The second-order valence-electron chi connectivity index (χ2n) is 7.18. The summed E-state index contributed by atoms with van der Waals surface area (Å²) in [5.74, 6) is -0.963. The molecule has 0 radical (unpaired) electrons. The highest BCUT2D eigenvalue weighted by molar-refractivity contribution is 5.95. The van der Waals surface area contributed by atoms with E-state index in [0.29, 0.717) is 22.5 Å². The molecule has 0 saturated heterocycles. The van der Waals surface area contributed by atoms with Gasteiger partial charge >= 0.3 is 12.0 Å². The summed E-state index contributed by atoms with van der Waals surface area (Å²) in [6, 6.07) is 14.0. The Balaban J connectivity index is 1.88. The molecule has 0 saturated carbocycles. The van der Waals surface area contributed by atoms with Crippen molar-refractivity contribution in [2.75, 3.05) is 6.61 Å². The van der Waals surface area contributed by atoms with Crippen LogP contribution >= 0.6 is 0 Å². The van der Waals surface area contributed by atoms with Crippen molar-refractivity contribution in [1.29, 1.82) is 0 Å². The second kappa shape index (κ2) is 8.89. The normalized spacial score (nSPS) is 15.7. The molecular weight excluding hydrogens is 411 g/mol. The fourth-order valence-electron chi connectivity index (χ4n) is 3.55. The van der Waals surface area contributed by atoms with Gasteiger partial charge in [0.15, 0.2) is 0 Å². The summed E-state index contributed by atoms with van der Waals surface area (Å²) in [5, 5.41) is 10.1. The summed E-state index contributed by atoms with van der Waals surface area (Å²) in [5.41, 5.74) is 3.13. The summed E-state index contributed by atoms with van der Waals surface area (Å²) >= 11 is 0. The van der Waals surface area contributed by atoms with E-state index in [4.69, 9.17) is 9.84 Å². The third kappa shape index (κ3) is 4.15. The molecule has 0 unspecified atom stereocenters. The second-order valence-corrected chi connectivity index (χ2v) is 7.18. The molecule has 1 atom stereocenters. The first kappa shape index (κ1) is 21.0. The molecule has 2 heterocycles. The number of urea groups is 1. The van der Waals surface area contributed by atoms with Crippen LogP contribution in [0.4, 0.5) is 9.18 Å². The molecule has 0 fully saturated rings. The minimum atomic E-state index is -0.821. The molecule has 7 nitrogen and oxygen atoms in total. The molecule has 0 aliphatic carbocycles. The van der Waals surface area contributed by atoms with Crippen LogP contribution in [0.5, 0.6) is 0 Å². The van der Waals surface area contributed by atoms with Crippen molar-refractivity contribution in [2.45, 2.75) is 13.0 Å². The lowest BCUT2D eigenvalue weighted by molar-refractivity contribution is -0.138. The summed E-state index contributed by atoms with van der Waals surface area (Å²) in [4.78, 5) is 25.1. The van der Waals surface area contributed by atoms with E-state index in [-0.39, 0.29) is 18.0 Å². The lowest BCUT2D eigenvalue weighted by Gasteiger charge is -2.27. The molecule has 162 valence electrons. The van der Waals surface area contributed by atoms with Gasteiger partial charge < -0.3 is 15.4 Å². The van der Waals surface area contributed by atoms with Gasteiger partial charge in [-0.15, -0.1) is 0 Å². The Kier molecular flexibility index (Phi) is 5.85. The molecule has 0 spiro atoms. The third-order valence-electron chi connectivity index (χ3n) is 5.01. The zero-order valence-corrected chi connectivity index (χ0v) is 17.3. The van der Waals surface area contributed by atoms with Gasteiger partial charge in [0.05, 0.1) is 23.0 Å². The Morgan fingerprint density at radius 2 is 1.94 bits per heavy atom. The average molecular weight is 432 g/mol.